The van der Waals surface area contributed by atoms with Crippen molar-refractivity contribution in [1.29, 1.82) is 0 Å². The summed E-state index contributed by atoms with van der Waals surface area (Å²) in [5.74, 6) is 0. The van der Waals surface area contributed by atoms with Crippen LogP contribution in [0, 0.1) is 0 Å². The second-order valence-corrected chi connectivity index (χ2v) is 7.09. The van der Waals surface area contributed by atoms with Crippen molar-refractivity contribution in [1.82, 2.24) is 8.61 Å². The van der Waals surface area contributed by atoms with Crippen LogP contribution in [0.1, 0.15) is 17.5 Å². The van der Waals surface area contributed by atoms with Crippen molar-refractivity contribution in [2.75, 3.05) is 19.6 Å². The average Bonchev–Trinajstić information content (AvgIpc) is 2.85. The van der Waals surface area contributed by atoms with Crippen molar-refractivity contribution in [3.63, 3.8) is 0 Å². The largest absolute Gasteiger partial charge is 0.392 e. The van der Waals surface area contributed by atoms with Crippen molar-refractivity contribution in [2.45, 2.75) is 25.5 Å². The van der Waals surface area contributed by atoms with Gasteiger partial charge in [-0.3, -0.25) is 0 Å². The molecule has 5 nitrogen and oxygen atoms in total. The van der Waals surface area contributed by atoms with Crippen LogP contribution in [0.2, 0.25) is 0 Å². The highest BCUT2D eigenvalue weighted by Crippen LogP contribution is 2.24. The lowest BCUT2D eigenvalue weighted by molar-refractivity contribution is 0.187. The number of hydrogen-bond donors (Lipinski definition) is 1. The number of β-amino-alcohol motifs (C(OH)–C–C–N with tert-alkyl or cyclic N) is 1. The SMILES string of the molecule is O=S(=O)(N1CCc2ccccc2C1)N1CC[C@H](O)C1. The third kappa shape index (κ3) is 2.41. The Balaban J connectivity index is 1.81. The van der Waals surface area contributed by atoms with Gasteiger partial charge in [0.1, 0.15) is 0 Å². The van der Waals surface area contributed by atoms with Crippen LogP contribution in [-0.4, -0.2) is 47.9 Å². The van der Waals surface area contributed by atoms with Crippen molar-refractivity contribution < 1.29 is 13.5 Å². The molecule has 1 aromatic carbocycles. The monoisotopic (exact) mass is 282 g/mol. The third-order valence-corrected chi connectivity index (χ3v) is 5.82. The van der Waals surface area contributed by atoms with Gasteiger partial charge in [0.25, 0.3) is 10.2 Å². The van der Waals surface area contributed by atoms with Crippen molar-refractivity contribution in [3.05, 3.63) is 35.4 Å². The molecule has 6 heteroatoms. The molecule has 0 saturated carbocycles. The lowest BCUT2D eigenvalue weighted by Gasteiger charge is -2.31. The van der Waals surface area contributed by atoms with Crippen molar-refractivity contribution in [2.24, 2.45) is 0 Å². The number of fused-ring (bicyclic) bond motifs is 1. The molecule has 104 valence electrons. The van der Waals surface area contributed by atoms with Gasteiger partial charge in [-0.25, -0.2) is 0 Å². The first-order chi connectivity index (χ1) is 9.07. The topological polar surface area (TPSA) is 60.9 Å². The van der Waals surface area contributed by atoms with E-state index in [2.05, 4.69) is 6.07 Å². The minimum Gasteiger partial charge on any atom is -0.392 e. The van der Waals surface area contributed by atoms with Gasteiger partial charge in [-0.15, -0.1) is 0 Å². The summed E-state index contributed by atoms with van der Waals surface area (Å²) in [6.07, 6.45) is 0.766. The van der Waals surface area contributed by atoms with E-state index in [1.807, 2.05) is 18.2 Å². The van der Waals surface area contributed by atoms with E-state index in [1.54, 1.807) is 0 Å². The highest BCUT2D eigenvalue weighted by molar-refractivity contribution is 7.86. The molecule has 0 aliphatic carbocycles. The predicted molar refractivity (Wildman–Crippen MR) is 71.7 cm³/mol. The van der Waals surface area contributed by atoms with Crippen LogP contribution in [0.3, 0.4) is 0 Å². The standard InChI is InChI=1S/C13H18N2O3S/c16-13-6-8-15(10-13)19(17,18)14-7-5-11-3-1-2-4-12(11)9-14/h1-4,13,16H,5-10H2/t13-/m0/s1. The fourth-order valence-electron chi connectivity index (χ4n) is 2.75. The van der Waals surface area contributed by atoms with Crippen LogP contribution >= 0.6 is 0 Å². The zero-order valence-electron chi connectivity index (χ0n) is 10.7. The molecule has 1 atom stereocenters. The predicted octanol–water partition coefficient (Wildman–Crippen LogP) is 0.356. The number of nitrogens with zero attached hydrogens (tertiary/aromatic N) is 2. The maximum Gasteiger partial charge on any atom is 0.282 e. The molecule has 0 bridgehead atoms. The van der Waals surface area contributed by atoms with Crippen LogP contribution in [0.4, 0.5) is 0 Å². The second kappa shape index (κ2) is 4.86. The fraction of sp³-hybridized carbons (Fsp3) is 0.538. The number of aliphatic hydroxyl groups is 1. The van der Waals surface area contributed by atoms with Gasteiger partial charge in [0, 0.05) is 26.2 Å². The summed E-state index contributed by atoms with van der Waals surface area (Å²) in [6, 6.07) is 7.96. The number of benzene rings is 1. The van der Waals surface area contributed by atoms with E-state index in [-0.39, 0.29) is 6.54 Å². The van der Waals surface area contributed by atoms with E-state index in [0.717, 1.165) is 12.0 Å². The molecule has 2 heterocycles. The molecule has 0 radical (unpaired) electrons. The zero-order valence-corrected chi connectivity index (χ0v) is 11.5. The van der Waals surface area contributed by atoms with Gasteiger partial charge >= 0.3 is 0 Å². The van der Waals surface area contributed by atoms with Crippen molar-refractivity contribution in [3.8, 4) is 0 Å². The minimum atomic E-state index is -3.43. The Morgan fingerprint density at radius 2 is 1.84 bits per heavy atom. The Morgan fingerprint density at radius 1 is 1.11 bits per heavy atom. The summed E-state index contributed by atoms with van der Waals surface area (Å²) in [7, 11) is -3.43. The molecule has 0 spiro atoms. The van der Waals surface area contributed by atoms with E-state index in [9.17, 15) is 13.5 Å². The molecule has 1 N–H and O–H groups in total. The van der Waals surface area contributed by atoms with E-state index in [0.29, 0.717) is 26.1 Å². The molecule has 2 aliphatic rings. The van der Waals surface area contributed by atoms with Gasteiger partial charge < -0.3 is 5.11 Å². The molecule has 2 aliphatic heterocycles. The highest BCUT2D eigenvalue weighted by atomic mass is 32.2. The summed E-state index contributed by atoms with van der Waals surface area (Å²) in [6.45, 7) is 1.60. The molecule has 1 fully saturated rings. The van der Waals surface area contributed by atoms with Crippen LogP contribution in [0.15, 0.2) is 24.3 Å². The van der Waals surface area contributed by atoms with Gasteiger partial charge in [-0.05, 0) is 24.0 Å². The van der Waals surface area contributed by atoms with Gasteiger partial charge in [0.2, 0.25) is 0 Å². The summed E-state index contributed by atoms with van der Waals surface area (Å²) < 4.78 is 27.9. The molecule has 0 amide bonds. The van der Waals surface area contributed by atoms with E-state index in [4.69, 9.17) is 0 Å². The molecule has 0 aromatic heterocycles. The molecule has 1 aromatic rings. The summed E-state index contributed by atoms with van der Waals surface area (Å²) >= 11 is 0. The van der Waals surface area contributed by atoms with Crippen molar-refractivity contribution >= 4 is 10.2 Å². The first-order valence-corrected chi connectivity index (χ1v) is 7.97. The molecular formula is C13H18N2O3S. The maximum absolute atomic E-state index is 12.5. The summed E-state index contributed by atoms with van der Waals surface area (Å²) in [5.41, 5.74) is 2.31. The quantitative estimate of drug-likeness (QED) is 0.852. The normalized spacial score (nSPS) is 25.4. The minimum absolute atomic E-state index is 0.223. The van der Waals surface area contributed by atoms with Crippen LogP contribution in [0.5, 0.6) is 0 Å². The second-order valence-electron chi connectivity index (χ2n) is 5.16. The average molecular weight is 282 g/mol. The smallest absolute Gasteiger partial charge is 0.282 e. The summed E-state index contributed by atoms with van der Waals surface area (Å²) in [5, 5.41) is 9.49. The summed E-state index contributed by atoms with van der Waals surface area (Å²) in [4.78, 5) is 0. The van der Waals surface area contributed by atoms with Gasteiger partial charge in [-0.1, -0.05) is 24.3 Å². The van der Waals surface area contributed by atoms with E-state index >= 15 is 0 Å². The fourth-order valence-corrected chi connectivity index (χ4v) is 4.40. The molecule has 0 unspecified atom stereocenters. The molecule has 19 heavy (non-hydrogen) atoms. The van der Waals surface area contributed by atoms with Crippen LogP contribution in [0.25, 0.3) is 0 Å². The Labute approximate surface area is 113 Å². The van der Waals surface area contributed by atoms with Gasteiger partial charge in [0.05, 0.1) is 6.10 Å². The van der Waals surface area contributed by atoms with E-state index in [1.165, 1.54) is 14.2 Å². The first kappa shape index (κ1) is 13.1. The van der Waals surface area contributed by atoms with Gasteiger partial charge in [-0.2, -0.15) is 17.0 Å². The Morgan fingerprint density at radius 3 is 2.53 bits per heavy atom. The van der Waals surface area contributed by atoms with Crippen LogP contribution < -0.4 is 0 Å². The lowest BCUT2D eigenvalue weighted by Crippen LogP contribution is -2.45. The zero-order chi connectivity index (χ0) is 13.5. The Kier molecular flexibility index (Phi) is 3.34. The molecular weight excluding hydrogens is 264 g/mol. The third-order valence-electron chi connectivity index (χ3n) is 3.87. The highest BCUT2D eigenvalue weighted by Gasteiger charge is 2.36. The van der Waals surface area contributed by atoms with Gasteiger partial charge in [0.15, 0.2) is 0 Å². The first-order valence-electron chi connectivity index (χ1n) is 6.57. The lowest BCUT2D eigenvalue weighted by atomic mass is 10.0. The number of rotatable bonds is 2. The molecule has 3 rings (SSSR count). The molecule has 1 saturated heterocycles. The van der Waals surface area contributed by atoms with E-state index < -0.39 is 16.3 Å². The maximum atomic E-state index is 12.5. The number of aliphatic hydroxyl groups excluding tert-OH is 1. The number of hydrogen-bond acceptors (Lipinski definition) is 3. The van der Waals surface area contributed by atoms with Crippen LogP contribution in [-0.2, 0) is 23.2 Å². The Hall–Kier alpha value is -0.950. The Bertz CT molecular complexity index is 573.